The third-order valence-corrected chi connectivity index (χ3v) is 4.52. The van der Waals surface area contributed by atoms with E-state index in [0.29, 0.717) is 0 Å². The van der Waals surface area contributed by atoms with Gasteiger partial charge >= 0.3 is 0 Å². The first-order valence-electron chi connectivity index (χ1n) is 6.19. The van der Waals surface area contributed by atoms with Gasteiger partial charge in [0.1, 0.15) is 15.4 Å². The number of rotatable bonds is 3. The van der Waals surface area contributed by atoms with E-state index >= 15 is 0 Å². The molecule has 0 saturated carbocycles. The third-order valence-electron chi connectivity index (χ3n) is 2.89. The van der Waals surface area contributed by atoms with Crippen molar-refractivity contribution < 1.29 is 0 Å². The second kappa shape index (κ2) is 5.69. The number of pyridine rings is 1. The fourth-order valence-corrected chi connectivity index (χ4v) is 3.07. The summed E-state index contributed by atoms with van der Waals surface area (Å²) < 4.78 is 0. The fraction of sp³-hybridized carbons (Fsp3) is 0.133. The molecule has 0 amide bonds. The van der Waals surface area contributed by atoms with Crippen molar-refractivity contribution >= 4 is 22.9 Å². The fourth-order valence-electron chi connectivity index (χ4n) is 1.90. The van der Waals surface area contributed by atoms with Gasteiger partial charge in [0.2, 0.25) is 0 Å². The normalized spacial score (nSPS) is 12.3. The minimum Gasteiger partial charge on any atom is -0.262 e. The smallest absolute Gasteiger partial charge is 0.147 e. The predicted octanol–water partition coefficient (Wildman–Crippen LogP) is 4.24. The first-order valence-corrected chi connectivity index (χ1v) is 7.45. The number of aromatic nitrogens is 3. The Balaban J connectivity index is 1.91. The number of alkyl halides is 1. The average Bonchev–Trinajstić information content (AvgIpc) is 2.97. The lowest BCUT2D eigenvalue weighted by Gasteiger charge is -2.04. The van der Waals surface area contributed by atoms with Gasteiger partial charge in [-0.2, -0.15) is 0 Å². The van der Waals surface area contributed by atoms with Crippen LogP contribution in [0.3, 0.4) is 0 Å². The minimum absolute atomic E-state index is 0.259. The SMILES string of the molecule is Cc1cc(-c2nnc(C(Cl)c3ccccc3)s2)ccn1. The summed E-state index contributed by atoms with van der Waals surface area (Å²) in [5.41, 5.74) is 3.02. The number of halogens is 1. The van der Waals surface area contributed by atoms with E-state index in [9.17, 15) is 0 Å². The van der Waals surface area contributed by atoms with Crippen molar-refractivity contribution in [1.29, 1.82) is 0 Å². The van der Waals surface area contributed by atoms with Crippen molar-refractivity contribution in [3.05, 3.63) is 64.9 Å². The van der Waals surface area contributed by atoms with Crippen LogP contribution in [-0.4, -0.2) is 15.2 Å². The third kappa shape index (κ3) is 2.71. The van der Waals surface area contributed by atoms with Crippen LogP contribution in [0, 0.1) is 6.92 Å². The van der Waals surface area contributed by atoms with E-state index < -0.39 is 0 Å². The molecule has 0 fully saturated rings. The van der Waals surface area contributed by atoms with Gasteiger partial charge in [-0.25, -0.2) is 0 Å². The van der Waals surface area contributed by atoms with Crippen LogP contribution in [0.25, 0.3) is 10.6 Å². The zero-order chi connectivity index (χ0) is 13.9. The summed E-state index contributed by atoms with van der Waals surface area (Å²) in [7, 11) is 0. The van der Waals surface area contributed by atoms with E-state index in [1.807, 2.05) is 49.4 Å². The Morgan fingerprint density at radius 1 is 1.10 bits per heavy atom. The minimum atomic E-state index is -0.259. The molecule has 0 aliphatic heterocycles. The summed E-state index contributed by atoms with van der Waals surface area (Å²) in [6.45, 7) is 1.96. The molecule has 5 heteroatoms. The van der Waals surface area contributed by atoms with Gasteiger partial charge < -0.3 is 0 Å². The van der Waals surface area contributed by atoms with Crippen LogP contribution >= 0.6 is 22.9 Å². The Bertz CT molecular complexity index is 712. The summed E-state index contributed by atoms with van der Waals surface area (Å²) in [6, 6.07) is 13.8. The molecule has 1 aromatic carbocycles. The van der Waals surface area contributed by atoms with Crippen LogP contribution in [0.4, 0.5) is 0 Å². The predicted molar refractivity (Wildman–Crippen MR) is 82.0 cm³/mol. The van der Waals surface area contributed by atoms with Crippen LogP contribution in [-0.2, 0) is 0 Å². The highest BCUT2D eigenvalue weighted by Gasteiger charge is 2.16. The van der Waals surface area contributed by atoms with Gasteiger partial charge in [0.25, 0.3) is 0 Å². The first kappa shape index (κ1) is 13.2. The topological polar surface area (TPSA) is 38.7 Å². The molecule has 3 aromatic rings. The molecule has 100 valence electrons. The zero-order valence-corrected chi connectivity index (χ0v) is 12.4. The quantitative estimate of drug-likeness (QED) is 0.679. The van der Waals surface area contributed by atoms with Gasteiger partial charge in [-0.15, -0.1) is 21.8 Å². The molecule has 1 atom stereocenters. The summed E-state index contributed by atoms with van der Waals surface area (Å²) in [4.78, 5) is 4.19. The highest BCUT2D eigenvalue weighted by atomic mass is 35.5. The Hall–Kier alpha value is -1.78. The van der Waals surface area contributed by atoms with Crippen molar-refractivity contribution in [3.8, 4) is 10.6 Å². The van der Waals surface area contributed by atoms with E-state index in [1.54, 1.807) is 6.20 Å². The van der Waals surface area contributed by atoms with E-state index in [0.717, 1.165) is 26.8 Å². The summed E-state index contributed by atoms with van der Waals surface area (Å²) >= 11 is 7.97. The van der Waals surface area contributed by atoms with E-state index in [4.69, 9.17) is 11.6 Å². The van der Waals surface area contributed by atoms with Crippen LogP contribution in [0.15, 0.2) is 48.7 Å². The Morgan fingerprint density at radius 2 is 1.90 bits per heavy atom. The Labute approximate surface area is 126 Å². The van der Waals surface area contributed by atoms with Gasteiger partial charge in [-0.1, -0.05) is 41.7 Å². The molecular weight excluding hydrogens is 290 g/mol. The molecule has 0 spiro atoms. The number of benzene rings is 1. The van der Waals surface area contributed by atoms with Crippen molar-refractivity contribution in [2.24, 2.45) is 0 Å². The molecule has 0 saturated heterocycles. The molecule has 0 N–H and O–H groups in total. The van der Waals surface area contributed by atoms with Gasteiger partial charge in [-0.05, 0) is 24.6 Å². The van der Waals surface area contributed by atoms with Gasteiger partial charge in [0, 0.05) is 17.5 Å². The lowest BCUT2D eigenvalue weighted by molar-refractivity contribution is 0.987. The van der Waals surface area contributed by atoms with E-state index in [2.05, 4.69) is 15.2 Å². The number of aryl methyl sites for hydroxylation is 1. The van der Waals surface area contributed by atoms with Crippen molar-refractivity contribution in [2.45, 2.75) is 12.3 Å². The van der Waals surface area contributed by atoms with E-state index in [-0.39, 0.29) is 5.38 Å². The molecular formula is C15H12ClN3S. The molecule has 20 heavy (non-hydrogen) atoms. The largest absolute Gasteiger partial charge is 0.262 e. The summed E-state index contributed by atoms with van der Waals surface area (Å²) in [6.07, 6.45) is 1.78. The lowest BCUT2D eigenvalue weighted by atomic mass is 10.1. The maximum absolute atomic E-state index is 6.46. The number of hydrogen-bond donors (Lipinski definition) is 0. The Kier molecular flexibility index (Phi) is 3.76. The van der Waals surface area contributed by atoms with Crippen LogP contribution in [0.5, 0.6) is 0 Å². The first-order chi connectivity index (χ1) is 9.74. The Morgan fingerprint density at radius 3 is 2.65 bits per heavy atom. The zero-order valence-electron chi connectivity index (χ0n) is 10.8. The van der Waals surface area contributed by atoms with Crippen molar-refractivity contribution in [3.63, 3.8) is 0 Å². The molecule has 0 aliphatic rings. The molecule has 0 radical (unpaired) electrons. The number of nitrogens with zero attached hydrogens (tertiary/aromatic N) is 3. The van der Waals surface area contributed by atoms with Gasteiger partial charge in [0.15, 0.2) is 0 Å². The van der Waals surface area contributed by atoms with Gasteiger partial charge in [-0.3, -0.25) is 4.98 Å². The standard InChI is InChI=1S/C15H12ClN3S/c1-10-9-12(7-8-17-10)14-18-19-15(20-14)13(16)11-5-3-2-4-6-11/h2-9,13H,1H3. The maximum Gasteiger partial charge on any atom is 0.147 e. The second-order valence-corrected chi connectivity index (χ2v) is 5.85. The summed E-state index contributed by atoms with van der Waals surface area (Å²) in [5.74, 6) is 0. The van der Waals surface area contributed by atoms with Crippen LogP contribution in [0.1, 0.15) is 21.6 Å². The molecule has 3 nitrogen and oxygen atoms in total. The molecule has 2 aromatic heterocycles. The van der Waals surface area contributed by atoms with Crippen LogP contribution < -0.4 is 0 Å². The van der Waals surface area contributed by atoms with Crippen molar-refractivity contribution in [2.75, 3.05) is 0 Å². The molecule has 0 bridgehead atoms. The molecule has 1 unspecified atom stereocenters. The van der Waals surface area contributed by atoms with Crippen LogP contribution in [0.2, 0.25) is 0 Å². The molecule has 0 aliphatic carbocycles. The van der Waals surface area contributed by atoms with E-state index in [1.165, 1.54) is 11.3 Å². The average molecular weight is 302 g/mol. The molecule has 3 rings (SSSR count). The summed E-state index contributed by atoms with van der Waals surface area (Å²) in [5, 5.41) is 9.86. The monoisotopic (exact) mass is 301 g/mol. The lowest BCUT2D eigenvalue weighted by Crippen LogP contribution is -1.91. The van der Waals surface area contributed by atoms with Crippen molar-refractivity contribution in [1.82, 2.24) is 15.2 Å². The number of hydrogen-bond acceptors (Lipinski definition) is 4. The highest BCUT2D eigenvalue weighted by molar-refractivity contribution is 7.15. The molecule has 2 heterocycles. The second-order valence-electron chi connectivity index (χ2n) is 4.40. The van der Waals surface area contributed by atoms with Gasteiger partial charge in [0.05, 0.1) is 0 Å². The highest BCUT2D eigenvalue weighted by Crippen LogP contribution is 2.33. The maximum atomic E-state index is 6.46.